The van der Waals surface area contributed by atoms with E-state index >= 15 is 0 Å². The van der Waals surface area contributed by atoms with Crippen LogP contribution in [0.5, 0.6) is 0 Å². The van der Waals surface area contributed by atoms with Gasteiger partial charge in [0.1, 0.15) is 0 Å². The van der Waals surface area contributed by atoms with Gasteiger partial charge < -0.3 is 5.48 Å². The molecule has 0 aromatic carbocycles. The topological polar surface area (TPSA) is 77.8 Å². The van der Waals surface area contributed by atoms with Gasteiger partial charge in [-0.3, -0.25) is 0 Å². The molecule has 0 aromatic rings. The molecule has 41 valence electrons. The van der Waals surface area contributed by atoms with Gasteiger partial charge in [-0.05, 0) is 0 Å². The minimum atomic E-state index is 0. The van der Waals surface area contributed by atoms with Crippen molar-refractivity contribution in [3.05, 3.63) is 0 Å². The number of hydrogen-bond donors (Lipinski definition) is 2. The fourth-order valence-electron chi connectivity index (χ4n) is 0. The molecule has 0 fully saturated rings. The van der Waals surface area contributed by atoms with Crippen LogP contribution in [0.2, 0.25) is 0 Å². The van der Waals surface area contributed by atoms with Crippen LogP contribution in [0.1, 0.15) is 0 Å². The molecule has 0 aromatic heterocycles. The van der Waals surface area contributed by atoms with Crippen LogP contribution in [0.3, 0.4) is 0 Å². The van der Waals surface area contributed by atoms with Crippen molar-refractivity contribution in [3.8, 4) is 0 Å². The Bertz CT molecular complexity index is 13.5. The van der Waals surface area contributed by atoms with E-state index in [0.717, 1.165) is 0 Å². The van der Waals surface area contributed by atoms with Gasteiger partial charge >= 0.3 is 44.1 Å². The quantitative estimate of drug-likeness (QED) is 0.467. The van der Waals surface area contributed by atoms with Crippen molar-refractivity contribution in [3.63, 3.8) is 0 Å². The van der Waals surface area contributed by atoms with Gasteiger partial charge in [-0.25, -0.2) is 0 Å². The summed E-state index contributed by atoms with van der Waals surface area (Å²) in [5, 5.41) is 0. The van der Waals surface area contributed by atoms with Gasteiger partial charge in [0.2, 0.25) is 0 Å². The second-order valence-electron chi connectivity index (χ2n) is 0. The maximum absolute atomic E-state index is 6.88. The predicted molar refractivity (Wildman–Crippen MR) is 18.6 cm³/mol. The van der Waals surface area contributed by atoms with E-state index in [-0.39, 0.29) is 45.4 Å². The molecule has 0 heterocycles. The van der Waals surface area contributed by atoms with Gasteiger partial charge in [0.05, 0.1) is 0 Å². The van der Waals surface area contributed by atoms with Crippen LogP contribution in [0, 0.1) is 39.9 Å². The normalized spacial score (nSPS) is 1.67. The van der Waals surface area contributed by atoms with Gasteiger partial charge in [0.15, 0.2) is 0 Å². The van der Waals surface area contributed by atoms with Crippen molar-refractivity contribution in [2.24, 2.45) is 4.44 Å². The van der Waals surface area contributed by atoms with Crippen molar-refractivity contribution >= 4 is 18.8 Å². The average molecular weight is 332 g/mol. The van der Waals surface area contributed by atoms with Crippen molar-refractivity contribution in [1.29, 1.82) is 0 Å². The fraction of sp³-hybridized carbons (Fsp3) is 0. The molecule has 0 saturated carbocycles. The molecule has 0 rings (SSSR count). The summed E-state index contributed by atoms with van der Waals surface area (Å²) in [5.74, 6) is 0. The van der Waals surface area contributed by atoms with Crippen LogP contribution in [-0.2, 0) is 16.6 Å². The maximum atomic E-state index is 6.88. The van der Waals surface area contributed by atoms with E-state index in [9.17, 15) is 0 Å². The Balaban J connectivity index is -0.00000000500. The Morgan fingerprint density at radius 2 is 1.33 bits per heavy atom. The molecule has 0 unspecified atom stereocenters. The zero-order valence-electron chi connectivity index (χ0n) is 3.29. The summed E-state index contributed by atoms with van der Waals surface area (Å²) < 4.78 is 11.6. The Kier molecular flexibility index (Phi) is 211. The molecule has 0 saturated heterocycles. The first-order chi connectivity index (χ1) is 2.00. The predicted octanol–water partition coefficient (Wildman–Crippen LogP) is -2.89. The molecule has 3 nitrogen and oxygen atoms in total. The van der Waals surface area contributed by atoms with E-state index in [1.165, 1.54) is 0 Å². The minimum absolute atomic E-state index is 0. The summed E-state index contributed by atoms with van der Waals surface area (Å²) in [4.78, 5) is 0. The number of nitrogens with two attached hydrogens (primary N) is 1. The van der Waals surface area contributed by atoms with Crippen LogP contribution in [0.25, 0.3) is 0 Å². The molecule has 0 spiro atoms. The van der Waals surface area contributed by atoms with Crippen molar-refractivity contribution in [2.75, 3.05) is 0 Å². The molecular formula is H7CrGaGdNO2. The number of rotatable bonds is 0. The third kappa shape index (κ3) is 32.7. The molecule has 5 N–H and O–H groups in total. The summed E-state index contributed by atoms with van der Waals surface area (Å²) in [7, 11) is 0. The Labute approximate surface area is 88.0 Å². The molecule has 0 aliphatic carbocycles. The van der Waals surface area contributed by atoms with Crippen molar-refractivity contribution < 1.29 is 66.2 Å². The summed E-state index contributed by atoms with van der Waals surface area (Å²) in [5.41, 5.74) is 0. The molecule has 0 aliphatic rings. The first kappa shape index (κ1) is 23.8. The van der Waals surface area contributed by atoms with Crippen LogP contribution in [0.15, 0.2) is 0 Å². The molecule has 0 aliphatic heterocycles. The molecule has 0 bridgehead atoms. The molecule has 6 heavy (non-hydrogen) atoms. The first-order valence-electron chi connectivity index (χ1n) is 0.760. The van der Waals surface area contributed by atoms with Crippen molar-refractivity contribution in [1.82, 2.24) is 0 Å². The van der Waals surface area contributed by atoms with E-state index < -0.39 is 0 Å². The van der Waals surface area contributed by atoms with E-state index in [1.807, 2.05) is 0 Å². The average Bonchev–Trinajstić information content (AvgIpc) is 1.50. The Morgan fingerprint density at radius 3 is 1.33 bits per heavy atom. The van der Waals surface area contributed by atoms with Crippen LogP contribution < -0.4 is 4.44 Å². The third-order valence-electron chi connectivity index (χ3n) is 0. The first-order valence-corrected chi connectivity index (χ1v) is 3.75. The van der Waals surface area contributed by atoms with E-state index in [1.54, 1.807) is 16.6 Å². The molecular weight excluding hydrogens is 325 g/mol. The molecule has 0 atom stereocenters. The standard InChI is InChI=1S/Cr.Ga.Gd.H2N.2H2O.2H/h;;;3*1H2;;/q2*+1;;-1;;;;/p-1. The third-order valence-corrected chi connectivity index (χ3v) is 0. The molecule has 0 amide bonds. The van der Waals surface area contributed by atoms with Crippen LogP contribution >= 0.6 is 0 Å². The van der Waals surface area contributed by atoms with E-state index in [2.05, 4.69) is 4.44 Å². The Hall–Kier alpha value is 2.37. The van der Waals surface area contributed by atoms with Gasteiger partial charge in [0.25, 0.3) is 0 Å². The summed E-state index contributed by atoms with van der Waals surface area (Å²) >= 11 is 2.19. The SMILES string of the molecule is O.[Gd].[NH2][GaH2].[OH][Cr]. The molecule has 0 radical (unpaired) electrons. The second-order valence-corrected chi connectivity index (χ2v) is 0. The molecule has 6 heteroatoms. The monoisotopic (exact) mass is 332 g/mol. The summed E-state index contributed by atoms with van der Waals surface area (Å²) in [6.45, 7) is 0. The zero-order chi connectivity index (χ0) is 4.00. The zero-order valence-corrected chi connectivity index (χ0v) is 11.0. The summed E-state index contributed by atoms with van der Waals surface area (Å²) in [6, 6.07) is 0. The second kappa shape index (κ2) is 53.2. The van der Waals surface area contributed by atoms with Gasteiger partial charge in [-0.15, -0.1) is 0 Å². The summed E-state index contributed by atoms with van der Waals surface area (Å²) in [6.07, 6.45) is 0. The van der Waals surface area contributed by atoms with E-state index in [0.29, 0.717) is 18.8 Å². The van der Waals surface area contributed by atoms with Gasteiger partial charge in [0, 0.05) is 39.9 Å². The van der Waals surface area contributed by atoms with Gasteiger partial charge in [-0.2, -0.15) is 0 Å². The number of hydrogen-bond acceptors (Lipinski definition) is 2. The van der Waals surface area contributed by atoms with Crippen LogP contribution in [-0.4, -0.2) is 28.5 Å². The van der Waals surface area contributed by atoms with Crippen LogP contribution in [0.4, 0.5) is 0 Å². The van der Waals surface area contributed by atoms with Gasteiger partial charge in [-0.1, -0.05) is 0 Å². The Morgan fingerprint density at radius 1 is 1.33 bits per heavy atom. The van der Waals surface area contributed by atoms with Crippen molar-refractivity contribution in [2.45, 2.75) is 0 Å². The van der Waals surface area contributed by atoms with E-state index in [4.69, 9.17) is 4.16 Å². The fourth-order valence-corrected chi connectivity index (χ4v) is 0.